The molecule has 0 radical (unpaired) electrons. The molecule has 2 heterocycles. The first-order valence-corrected chi connectivity index (χ1v) is 10.5. The number of benzene rings is 1. The zero-order valence-electron chi connectivity index (χ0n) is 18.0. The van der Waals surface area contributed by atoms with Crippen molar-refractivity contribution in [2.24, 2.45) is 0 Å². The van der Waals surface area contributed by atoms with Gasteiger partial charge in [-0.2, -0.15) is 0 Å². The first-order valence-electron chi connectivity index (χ1n) is 10.5. The molecular formula is C22H31N5O3. The van der Waals surface area contributed by atoms with E-state index in [1.54, 1.807) is 13.0 Å². The first-order chi connectivity index (χ1) is 14.5. The molecule has 3 rings (SSSR count). The zero-order valence-corrected chi connectivity index (χ0v) is 18.0. The molecule has 0 spiro atoms. The number of aromatic nitrogens is 1. The molecule has 162 valence electrons. The van der Waals surface area contributed by atoms with Gasteiger partial charge in [0, 0.05) is 32.2 Å². The molecule has 0 bridgehead atoms. The maximum atomic E-state index is 13.4. The highest BCUT2D eigenvalue weighted by Crippen LogP contribution is 2.23. The minimum Gasteiger partial charge on any atom is -0.360 e. The smallest absolute Gasteiger partial charge is 0.244 e. The Balaban J connectivity index is 1.57. The van der Waals surface area contributed by atoms with Crippen LogP contribution in [0.5, 0.6) is 0 Å². The molecule has 1 fully saturated rings. The average Bonchev–Trinajstić information content (AvgIpc) is 3.17. The summed E-state index contributed by atoms with van der Waals surface area (Å²) in [5.74, 6) is 1.08. The van der Waals surface area contributed by atoms with Crippen molar-refractivity contribution in [2.75, 3.05) is 51.1 Å². The largest absolute Gasteiger partial charge is 0.360 e. The Labute approximate surface area is 177 Å². The molecule has 0 saturated carbocycles. The van der Waals surface area contributed by atoms with Crippen LogP contribution in [0.2, 0.25) is 0 Å². The van der Waals surface area contributed by atoms with Gasteiger partial charge < -0.3 is 14.7 Å². The van der Waals surface area contributed by atoms with E-state index in [-0.39, 0.29) is 24.4 Å². The second-order valence-corrected chi connectivity index (χ2v) is 7.51. The number of carbonyl (C=O) groups excluding carboxylic acids is 2. The lowest BCUT2D eigenvalue weighted by atomic mass is 10.0. The maximum Gasteiger partial charge on any atom is 0.244 e. The Morgan fingerprint density at radius 1 is 1.13 bits per heavy atom. The fourth-order valence-electron chi connectivity index (χ4n) is 3.84. The van der Waals surface area contributed by atoms with E-state index in [1.165, 1.54) is 0 Å². The first kappa shape index (κ1) is 22.0. The summed E-state index contributed by atoms with van der Waals surface area (Å²) < 4.78 is 4.97. The molecule has 1 unspecified atom stereocenters. The number of piperazine rings is 1. The SMILES string of the molecule is CCN(CC)C(C(=O)N1CCN(CC(=O)Nc2cc(C)on2)CC1)c1ccccc1. The average molecular weight is 414 g/mol. The number of anilines is 1. The third-order valence-corrected chi connectivity index (χ3v) is 5.47. The van der Waals surface area contributed by atoms with Crippen molar-refractivity contribution >= 4 is 17.6 Å². The Kier molecular flexibility index (Phi) is 7.59. The van der Waals surface area contributed by atoms with Crippen LogP contribution in [-0.4, -0.2) is 77.5 Å². The van der Waals surface area contributed by atoms with Crippen LogP contribution in [0.3, 0.4) is 0 Å². The minimum absolute atomic E-state index is 0.131. The minimum atomic E-state index is -0.272. The topological polar surface area (TPSA) is 81.9 Å². The van der Waals surface area contributed by atoms with Crippen molar-refractivity contribution in [3.05, 3.63) is 47.7 Å². The van der Waals surface area contributed by atoms with Crippen molar-refractivity contribution in [2.45, 2.75) is 26.8 Å². The van der Waals surface area contributed by atoms with Crippen LogP contribution < -0.4 is 5.32 Å². The second kappa shape index (κ2) is 10.4. The molecule has 1 aromatic heterocycles. The van der Waals surface area contributed by atoms with Crippen molar-refractivity contribution in [1.29, 1.82) is 0 Å². The number of carbonyl (C=O) groups is 2. The molecule has 30 heavy (non-hydrogen) atoms. The van der Waals surface area contributed by atoms with E-state index < -0.39 is 0 Å². The van der Waals surface area contributed by atoms with Gasteiger partial charge in [0.2, 0.25) is 11.8 Å². The molecule has 1 saturated heterocycles. The number of amides is 2. The summed E-state index contributed by atoms with van der Waals surface area (Å²) in [6.45, 7) is 10.4. The second-order valence-electron chi connectivity index (χ2n) is 7.51. The van der Waals surface area contributed by atoms with Crippen LogP contribution in [-0.2, 0) is 9.59 Å². The van der Waals surface area contributed by atoms with Gasteiger partial charge in [0.15, 0.2) is 5.82 Å². The molecule has 8 nitrogen and oxygen atoms in total. The van der Waals surface area contributed by atoms with E-state index in [4.69, 9.17) is 4.52 Å². The van der Waals surface area contributed by atoms with Crippen molar-refractivity contribution in [3.8, 4) is 0 Å². The molecule has 1 N–H and O–H groups in total. The third-order valence-electron chi connectivity index (χ3n) is 5.47. The highest BCUT2D eigenvalue weighted by molar-refractivity contribution is 5.91. The van der Waals surface area contributed by atoms with Gasteiger partial charge in [-0.25, -0.2) is 0 Å². The van der Waals surface area contributed by atoms with Crippen LogP contribution >= 0.6 is 0 Å². The standard InChI is InChI=1S/C22H31N5O3/c1-4-26(5-2)21(18-9-7-6-8-10-18)22(29)27-13-11-25(12-14-27)16-20(28)23-19-15-17(3)30-24-19/h6-10,15,21H,4-5,11-14,16H2,1-3H3,(H,23,24,28). The van der Waals surface area contributed by atoms with Gasteiger partial charge in [0.05, 0.1) is 6.54 Å². The lowest BCUT2D eigenvalue weighted by Crippen LogP contribution is -2.53. The molecule has 0 aliphatic carbocycles. The molecular weight excluding hydrogens is 382 g/mol. The number of nitrogens with one attached hydrogen (secondary N) is 1. The normalized spacial score (nSPS) is 15.9. The Hall–Kier alpha value is -2.71. The number of rotatable bonds is 8. The lowest BCUT2D eigenvalue weighted by molar-refractivity contribution is -0.139. The van der Waals surface area contributed by atoms with Crippen LogP contribution in [0.4, 0.5) is 5.82 Å². The van der Waals surface area contributed by atoms with Gasteiger partial charge in [0.25, 0.3) is 0 Å². The van der Waals surface area contributed by atoms with Crippen molar-refractivity contribution in [3.63, 3.8) is 0 Å². The lowest BCUT2D eigenvalue weighted by Gasteiger charge is -2.38. The summed E-state index contributed by atoms with van der Waals surface area (Å²) in [6.07, 6.45) is 0. The van der Waals surface area contributed by atoms with Gasteiger partial charge >= 0.3 is 0 Å². The quantitative estimate of drug-likeness (QED) is 0.714. The van der Waals surface area contributed by atoms with Gasteiger partial charge in [-0.3, -0.25) is 19.4 Å². The van der Waals surface area contributed by atoms with E-state index in [1.807, 2.05) is 35.2 Å². The number of hydrogen-bond donors (Lipinski definition) is 1. The van der Waals surface area contributed by atoms with Crippen LogP contribution in [0, 0.1) is 6.92 Å². The van der Waals surface area contributed by atoms with Gasteiger partial charge in [0.1, 0.15) is 11.8 Å². The van der Waals surface area contributed by atoms with Crippen LogP contribution in [0.15, 0.2) is 40.9 Å². The van der Waals surface area contributed by atoms with Crippen LogP contribution in [0.1, 0.15) is 31.2 Å². The molecule has 1 atom stereocenters. The van der Waals surface area contributed by atoms with Crippen molar-refractivity contribution < 1.29 is 14.1 Å². The number of likely N-dealkylation sites (N-methyl/N-ethyl adjacent to an activating group) is 1. The summed E-state index contributed by atoms with van der Waals surface area (Å²) in [4.78, 5) is 31.8. The van der Waals surface area contributed by atoms with Crippen LogP contribution in [0.25, 0.3) is 0 Å². The number of hydrogen-bond acceptors (Lipinski definition) is 6. The fraction of sp³-hybridized carbons (Fsp3) is 0.500. The Morgan fingerprint density at radius 2 is 1.80 bits per heavy atom. The van der Waals surface area contributed by atoms with E-state index in [2.05, 4.69) is 34.1 Å². The Bertz CT molecular complexity index is 826. The fourth-order valence-corrected chi connectivity index (χ4v) is 3.84. The van der Waals surface area contributed by atoms with Gasteiger partial charge in [-0.1, -0.05) is 49.3 Å². The third kappa shape index (κ3) is 5.46. The number of nitrogens with zero attached hydrogens (tertiary/aromatic N) is 4. The molecule has 2 amide bonds. The molecule has 1 aromatic carbocycles. The monoisotopic (exact) mass is 413 g/mol. The van der Waals surface area contributed by atoms with Gasteiger partial charge in [-0.15, -0.1) is 0 Å². The molecule has 8 heteroatoms. The summed E-state index contributed by atoms with van der Waals surface area (Å²) in [7, 11) is 0. The van der Waals surface area contributed by atoms with E-state index in [0.717, 1.165) is 18.7 Å². The van der Waals surface area contributed by atoms with E-state index in [0.29, 0.717) is 37.8 Å². The van der Waals surface area contributed by atoms with Gasteiger partial charge in [-0.05, 0) is 25.6 Å². The maximum absolute atomic E-state index is 13.4. The van der Waals surface area contributed by atoms with E-state index in [9.17, 15) is 9.59 Å². The summed E-state index contributed by atoms with van der Waals surface area (Å²) in [5, 5.41) is 6.52. The predicted octanol–water partition coefficient (Wildman–Crippen LogP) is 2.15. The predicted molar refractivity (Wildman–Crippen MR) is 115 cm³/mol. The molecule has 1 aliphatic rings. The molecule has 2 aromatic rings. The summed E-state index contributed by atoms with van der Waals surface area (Å²) in [6, 6.07) is 11.4. The Morgan fingerprint density at radius 3 is 2.37 bits per heavy atom. The van der Waals surface area contributed by atoms with E-state index >= 15 is 0 Å². The highest BCUT2D eigenvalue weighted by Gasteiger charge is 2.32. The summed E-state index contributed by atoms with van der Waals surface area (Å²) in [5.41, 5.74) is 1.02. The molecule has 1 aliphatic heterocycles. The number of aryl methyl sites for hydroxylation is 1. The summed E-state index contributed by atoms with van der Waals surface area (Å²) >= 11 is 0. The highest BCUT2D eigenvalue weighted by atomic mass is 16.5. The van der Waals surface area contributed by atoms with Crippen molar-refractivity contribution in [1.82, 2.24) is 19.9 Å². The zero-order chi connectivity index (χ0) is 21.5.